The lowest BCUT2D eigenvalue weighted by atomic mass is 9.66. The molecule has 0 aromatic heterocycles. The standard InChI is InChI=1S/C29H39NO6/c1-5-34-24-18-20(19-25(35-6-2)27(24)36-7-3)28(31)30-17-16-29(32)15-11-10-13-22(29)26(30)21-12-8-9-14-23(21)33-4/h8-9,12,14,18-19,22,26,32H,5-7,10-11,13,15-17H2,1-4H3/t22-,26+,29-/m1/s1. The molecule has 2 aromatic rings. The largest absolute Gasteiger partial charge is 0.496 e. The SMILES string of the molecule is CCOc1cc(C(=O)N2CC[C@]3(O)CCCC[C@@H]3[C@@H]2c2ccccc2OC)cc(OCC)c1OCC. The smallest absolute Gasteiger partial charge is 0.254 e. The van der Waals surface area contributed by atoms with Crippen molar-refractivity contribution in [1.29, 1.82) is 0 Å². The number of methoxy groups -OCH3 is 1. The monoisotopic (exact) mass is 497 g/mol. The molecule has 1 aliphatic carbocycles. The maximum atomic E-state index is 14.2. The average Bonchev–Trinajstić information content (AvgIpc) is 2.89. The van der Waals surface area contributed by atoms with E-state index in [0.717, 1.165) is 37.0 Å². The van der Waals surface area contributed by atoms with E-state index in [1.165, 1.54) is 0 Å². The highest BCUT2D eigenvalue weighted by Crippen LogP contribution is 2.51. The number of piperidine rings is 1. The van der Waals surface area contributed by atoms with Crippen molar-refractivity contribution in [1.82, 2.24) is 4.90 Å². The Morgan fingerprint density at radius 2 is 1.64 bits per heavy atom. The Morgan fingerprint density at radius 3 is 2.28 bits per heavy atom. The normalized spacial score (nSPS) is 23.5. The average molecular weight is 498 g/mol. The van der Waals surface area contributed by atoms with Crippen LogP contribution in [0.3, 0.4) is 0 Å². The Labute approximate surface area is 214 Å². The molecule has 7 heteroatoms. The van der Waals surface area contributed by atoms with Gasteiger partial charge in [0.1, 0.15) is 5.75 Å². The molecular weight excluding hydrogens is 458 g/mol. The summed E-state index contributed by atoms with van der Waals surface area (Å²) in [5.74, 6) is 2.04. The summed E-state index contributed by atoms with van der Waals surface area (Å²) < 4.78 is 23.3. The second kappa shape index (κ2) is 11.4. The molecule has 4 rings (SSSR count). The van der Waals surface area contributed by atoms with Crippen LogP contribution < -0.4 is 18.9 Å². The van der Waals surface area contributed by atoms with Crippen molar-refractivity contribution < 1.29 is 28.8 Å². The molecule has 1 saturated carbocycles. The maximum absolute atomic E-state index is 14.2. The first kappa shape index (κ1) is 26.1. The Kier molecular flexibility index (Phi) is 8.29. The predicted molar refractivity (Wildman–Crippen MR) is 138 cm³/mol. The summed E-state index contributed by atoms with van der Waals surface area (Å²) in [4.78, 5) is 16.1. The van der Waals surface area contributed by atoms with E-state index >= 15 is 0 Å². The van der Waals surface area contributed by atoms with Crippen LogP contribution in [0, 0.1) is 5.92 Å². The van der Waals surface area contributed by atoms with Crippen LogP contribution in [0.4, 0.5) is 0 Å². The van der Waals surface area contributed by atoms with E-state index in [9.17, 15) is 9.90 Å². The van der Waals surface area contributed by atoms with Gasteiger partial charge in [0, 0.05) is 23.6 Å². The van der Waals surface area contributed by atoms with Crippen LogP contribution in [0.5, 0.6) is 23.0 Å². The lowest BCUT2D eigenvalue weighted by Gasteiger charge is -2.52. The number of ether oxygens (including phenoxy) is 4. The van der Waals surface area contributed by atoms with Crippen LogP contribution in [0.15, 0.2) is 36.4 Å². The molecule has 1 saturated heterocycles. The molecule has 2 aliphatic rings. The minimum absolute atomic E-state index is 0.0688. The highest BCUT2D eigenvalue weighted by atomic mass is 16.5. The molecule has 7 nitrogen and oxygen atoms in total. The van der Waals surface area contributed by atoms with Crippen molar-refractivity contribution in [2.24, 2.45) is 5.92 Å². The molecule has 1 N–H and O–H groups in total. The number of fused-ring (bicyclic) bond motifs is 1. The number of carbonyl (C=O) groups excluding carboxylic acids is 1. The fourth-order valence-electron chi connectivity index (χ4n) is 5.88. The minimum atomic E-state index is -0.785. The van der Waals surface area contributed by atoms with Gasteiger partial charge in [-0.05, 0) is 58.2 Å². The van der Waals surface area contributed by atoms with E-state index in [0.29, 0.717) is 55.6 Å². The van der Waals surface area contributed by atoms with Gasteiger partial charge in [-0.1, -0.05) is 31.0 Å². The van der Waals surface area contributed by atoms with Crippen molar-refractivity contribution >= 4 is 5.91 Å². The Morgan fingerprint density at radius 1 is 0.972 bits per heavy atom. The van der Waals surface area contributed by atoms with Crippen molar-refractivity contribution in [3.8, 4) is 23.0 Å². The van der Waals surface area contributed by atoms with Crippen LogP contribution in [-0.2, 0) is 0 Å². The van der Waals surface area contributed by atoms with Crippen molar-refractivity contribution in [3.63, 3.8) is 0 Å². The fraction of sp³-hybridized carbons (Fsp3) is 0.552. The third kappa shape index (κ3) is 4.99. The molecule has 1 amide bonds. The van der Waals surface area contributed by atoms with Gasteiger partial charge in [-0.3, -0.25) is 4.79 Å². The number of amides is 1. The van der Waals surface area contributed by atoms with E-state index < -0.39 is 5.60 Å². The maximum Gasteiger partial charge on any atom is 0.254 e. The molecule has 0 spiro atoms. The number of hydrogen-bond acceptors (Lipinski definition) is 6. The molecule has 1 heterocycles. The number of para-hydroxylation sites is 1. The number of benzene rings is 2. The van der Waals surface area contributed by atoms with Gasteiger partial charge in [0.25, 0.3) is 5.91 Å². The molecule has 2 fully saturated rings. The number of carbonyl (C=O) groups is 1. The highest BCUT2D eigenvalue weighted by Gasteiger charge is 2.51. The summed E-state index contributed by atoms with van der Waals surface area (Å²) in [6, 6.07) is 11.0. The van der Waals surface area contributed by atoms with Gasteiger partial charge in [0.05, 0.1) is 38.6 Å². The molecule has 196 valence electrons. The van der Waals surface area contributed by atoms with Gasteiger partial charge in [0.2, 0.25) is 5.75 Å². The van der Waals surface area contributed by atoms with Crippen molar-refractivity contribution in [2.75, 3.05) is 33.5 Å². The molecule has 36 heavy (non-hydrogen) atoms. The van der Waals surface area contributed by atoms with Crippen LogP contribution in [-0.4, -0.2) is 55.0 Å². The van der Waals surface area contributed by atoms with Gasteiger partial charge >= 0.3 is 0 Å². The van der Waals surface area contributed by atoms with E-state index in [2.05, 4.69) is 0 Å². The van der Waals surface area contributed by atoms with Crippen molar-refractivity contribution in [2.45, 2.75) is 64.5 Å². The zero-order valence-electron chi connectivity index (χ0n) is 21.9. The number of nitrogens with zero attached hydrogens (tertiary/aromatic N) is 1. The second-order valence-electron chi connectivity index (χ2n) is 9.49. The Bertz CT molecular complexity index is 1030. The van der Waals surface area contributed by atoms with Gasteiger partial charge < -0.3 is 29.0 Å². The first-order chi connectivity index (χ1) is 17.5. The highest BCUT2D eigenvalue weighted by molar-refractivity contribution is 5.96. The first-order valence-corrected chi connectivity index (χ1v) is 13.2. The molecule has 0 bridgehead atoms. The van der Waals surface area contributed by atoms with Crippen LogP contribution in [0.2, 0.25) is 0 Å². The summed E-state index contributed by atoms with van der Waals surface area (Å²) in [6.45, 7) is 7.48. The second-order valence-corrected chi connectivity index (χ2v) is 9.49. The summed E-state index contributed by atoms with van der Waals surface area (Å²) in [7, 11) is 1.65. The molecule has 0 unspecified atom stereocenters. The number of rotatable bonds is 9. The van der Waals surface area contributed by atoms with E-state index in [1.54, 1.807) is 19.2 Å². The summed E-state index contributed by atoms with van der Waals surface area (Å²) in [6.07, 6.45) is 4.22. The Hall–Kier alpha value is -2.93. The quantitative estimate of drug-likeness (QED) is 0.500. The molecular formula is C29H39NO6. The zero-order valence-corrected chi connectivity index (χ0v) is 21.9. The van der Waals surface area contributed by atoms with Crippen LogP contribution in [0.25, 0.3) is 0 Å². The van der Waals surface area contributed by atoms with Crippen LogP contribution in [0.1, 0.15) is 74.8 Å². The lowest BCUT2D eigenvalue weighted by Crippen LogP contribution is -2.56. The molecule has 2 aromatic carbocycles. The van der Waals surface area contributed by atoms with Gasteiger partial charge in [-0.2, -0.15) is 0 Å². The molecule has 1 aliphatic heterocycles. The fourth-order valence-corrected chi connectivity index (χ4v) is 5.88. The third-order valence-corrected chi connectivity index (χ3v) is 7.44. The first-order valence-electron chi connectivity index (χ1n) is 13.2. The van der Waals surface area contributed by atoms with Crippen molar-refractivity contribution in [3.05, 3.63) is 47.5 Å². The summed E-state index contributed by atoms with van der Waals surface area (Å²) in [5, 5.41) is 11.6. The van der Waals surface area contributed by atoms with Crippen LogP contribution >= 0.6 is 0 Å². The topological polar surface area (TPSA) is 77.5 Å². The van der Waals surface area contributed by atoms with E-state index in [4.69, 9.17) is 18.9 Å². The van der Waals surface area contributed by atoms with Gasteiger partial charge in [0.15, 0.2) is 11.5 Å². The lowest BCUT2D eigenvalue weighted by molar-refractivity contribution is -0.115. The van der Waals surface area contributed by atoms with Gasteiger partial charge in [-0.15, -0.1) is 0 Å². The molecule has 3 atom stereocenters. The molecule has 0 radical (unpaired) electrons. The van der Waals surface area contributed by atoms with Gasteiger partial charge in [-0.25, -0.2) is 0 Å². The predicted octanol–water partition coefficient (Wildman–Crippen LogP) is 5.40. The summed E-state index contributed by atoms with van der Waals surface area (Å²) >= 11 is 0. The number of likely N-dealkylation sites (tertiary alicyclic amines) is 1. The Balaban J connectivity index is 1.80. The third-order valence-electron chi connectivity index (χ3n) is 7.44. The minimum Gasteiger partial charge on any atom is -0.496 e. The number of aliphatic hydroxyl groups is 1. The number of hydrogen-bond donors (Lipinski definition) is 1. The zero-order chi connectivity index (χ0) is 25.7. The van der Waals surface area contributed by atoms with E-state index in [1.807, 2.05) is 49.9 Å². The van der Waals surface area contributed by atoms with E-state index in [-0.39, 0.29) is 17.9 Å². The summed E-state index contributed by atoms with van der Waals surface area (Å²) in [5.41, 5.74) is 0.623.